The van der Waals surface area contributed by atoms with Crippen LogP contribution in [0.2, 0.25) is 0 Å². The summed E-state index contributed by atoms with van der Waals surface area (Å²) in [5.74, 6) is -1.55. The smallest absolute Gasteiger partial charge is 0.244 e. The molecule has 1 spiro atoms. The molecule has 0 aliphatic carbocycles. The lowest BCUT2D eigenvalue weighted by Gasteiger charge is -2.34. The van der Waals surface area contributed by atoms with E-state index < -0.39 is 22.6 Å². The van der Waals surface area contributed by atoms with Crippen LogP contribution in [0.15, 0.2) is 30.3 Å². The number of aliphatic hydroxyl groups is 1. The fourth-order valence-electron chi connectivity index (χ4n) is 5.51. The second-order valence-corrected chi connectivity index (χ2v) is 10.2. The third-order valence-corrected chi connectivity index (χ3v) is 8.69. The van der Waals surface area contributed by atoms with Gasteiger partial charge in [-0.05, 0) is 25.3 Å². The molecule has 2 unspecified atom stereocenters. The zero-order chi connectivity index (χ0) is 20.8. The molecule has 3 aliphatic heterocycles. The molecule has 0 saturated carbocycles. The minimum absolute atomic E-state index is 0.0955. The van der Waals surface area contributed by atoms with Crippen molar-refractivity contribution < 1.29 is 19.5 Å². The number of aliphatic hydroxyl groups excluding tert-OH is 1. The second kappa shape index (κ2) is 7.32. The normalized spacial score (nSPS) is 34.9. The number of β-amino-alcohol motifs (C(OH)–C–C–N with tert-alkyl or cyclic N) is 1. The number of nitrogens with zero attached hydrogens (tertiary/aromatic N) is 1. The summed E-state index contributed by atoms with van der Waals surface area (Å²) in [7, 11) is 1.59. The average molecular weight is 418 g/mol. The number of hydrogen-bond donors (Lipinski definition) is 3. The third kappa shape index (κ3) is 2.95. The van der Waals surface area contributed by atoms with Gasteiger partial charge in [-0.15, -0.1) is 11.8 Å². The van der Waals surface area contributed by atoms with Crippen LogP contribution in [0.5, 0.6) is 0 Å². The van der Waals surface area contributed by atoms with Gasteiger partial charge in [0, 0.05) is 24.9 Å². The van der Waals surface area contributed by atoms with E-state index in [2.05, 4.69) is 10.6 Å². The summed E-state index contributed by atoms with van der Waals surface area (Å²) in [5.41, 5.74) is 0.978. The number of thioether (sulfide) groups is 1. The summed E-state index contributed by atoms with van der Waals surface area (Å²) < 4.78 is -0.983. The number of carbonyl (C=O) groups is 3. The predicted molar refractivity (Wildman–Crippen MR) is 110 cm³/mol. The van der Waals surface area contributed by atoms with Gasteiger partial charge < -0.3 is 20.6 Å². The first-order valence-electron chi connectivity index (χ1n) is 10.0. The van der Waals surface area contributed by atoms with E-state index in [0.29, 0.717) is 13.0 Å². The SMILES string of the molecule is CNC(=O)[C@@H]1[C@H]2C(=O)N(CCO)C(C(=O)NCc3ccccc3)C23CC[C@@]1(C)S3. The molecule has 3 N–H and O–H groups in total. The fraction of sp³-hybridized carbons (Fsp3) is 0.571. The van der Waals surface area contributed by atoms with Crippen molar-refractivity contribution in [2.75, 3.05) is 20.2 Å². The van der Waals surface area contributed by atoms with Gasteiger partial charge in [-0.25, -0.2) is 0 Å². The molecule has 0 aromatic heterocycles. The van der Waals surface area contributed by atoms with Crippen LogP contribution in [0.3, 0.4) is 0 Å². The molecule has 2 bridgehead atoms. The first-order valence-corrected chi connectivity index (χ1v) is 10.8. The van der Waals surface area contributed by atoms with Gasteiger partial charge in [0.1, 0.15) is 6.04 Å². The Morgan fingerprint density at radius 1 is 1.24 bits per heavy atom. The van der Waals surface area contributed by atoms with Crippen molar-refractivity contribution in [3.8, 4) is 0 Å². The molecule has 5 atom stereocenters. The van der Waals surface area contributed by atoms with Gasteiger partial charge in [0.05, 0.1) is 23.2 Å². The van der Waals surface area contributed by atoms with Crippen LogP contribution < -0.4 is 10.6 Å². The monoisotopic (exact) mass is 417 g/mol. The van der Waals surface area contributed by atoms with Gasteiger partial charge in [-0.2, -0.15) is 0 Å². The fourth-order valence-corrected chi connectivity index (χ4v) is 7.87. The predicted octanol–water partition coefficient (Wildman–Crippen LogP) is 0.522. The summed E-state index contributed by atoms with van der Waals surface area (Å²) in [4.78, 5) is 40.9. The molecule has 8 heteroatoms. The van der Waals surface area contributed by atoms with Crippen LogP contribution >= 0.6 is 11.8 Å². The quantitative estimate of drug-likeness (QED) is 0.627. The molecular formula is C21H27N3O4S. The van der Waals surface area contributed by atoms with E-state index in [1.54, 1.807) is 18.8 Å². The number of hydrogen-bond acceptors (Lipinski definition) is 5. The van der Waals surface area contributed by atoms with Crippen molar-refractivity contribution in [2.45, 2.75) is 41.8 Å². The topological polar surface area (TPSA) is 98.7 Å². The molecule has 29 heavy (non-hydrogen) atoms. The van der Waals surface area contributed by atoms with E-state index >= 15 is 0 Å². The number of amides is 3. The molecule has 3 heterocycles. The Morgan fingerprint density at radius 2 is 1.97 bits per heavy atom. The Hall–Kier alpha value is -2.06. The third-order valence-electron chi connectivity index (χ3n) is 6.70. The van der Waals surface area contributed by atoms with Crippen molar-refractivity contribution in [1.29, 1.82) is 0 Å². The average Bonchev–Trinajstić information content (AvgIpc) is 3.28. The van der Waals surface area contributed by atoms with Gasteiger partial charge in [0.15, 0.2) is 0 Å². The highest BCUT2D eigenvalue weighted by Crippen LogP contribution is 2.71. The summed E-state index contributed by atoms with van der Waals surface area (Å²) >= 11 is 1.63. The molecule has 156 valence electrons. The summed E-state index contributed by atoms with van der Waals surface area (Å²) in [5, 5.41) is 15.2. The van der Waals surface area contributed by atoms with E-state index in [4.69, 9.17) is 0 Å². The van der Waals surface area contributed by atoms with Crippen molar-refractivity contribution in [3.05, 3.63) is 35.9 Å². The summed E-state index contributed by atoms with van der Waals surface area (Å²) in [6.07, 6.45) is 1.50. The maximum absolute atomic E-state index is 13.4. The van der Waals surface area contributed by atoms with E-state index in [1.807, 2.05) is 37.3 Å². The molecule has 1 aromatic rings. The van der Waals surface area contributed by atoms with Crippen LogP contribution in [-0.4, -0.2) is 63.5 Å². The van der Waals surface area contributed by atoms with Crippen molar-refractivity contribution in [3.63, 3.8) is 0 Å². The molecule has 3 aliphatic rings. The number of likely N-dealkylation sites (tertiary alicyclic amines) is 1. The van der Waals surface area contributed by atoms with Crippen LogP contribution in [0.4, 0.5) is 0 Å². The van der Waals surface area contributed by atoms with Crippen molar-refractivity contribution in [2.24, 2.45) is 11.8 Å². The van der Waals surface area contributed by atoms with E-state index in [1.165, 1.54) is 4.90 Å². The lowest BCUT2D eigenvalue weighted by molar-refractivity contribution is -0.140. The van der Waals surface area contributed by atoms with Gasteiger partial charge in [0.25, 0.3) is 0 Å². The Morgan fingerprint density at radius 3 is 2.62 bits per heavy atom. The van der Waals surface area contributed by atoms with Crippen LogP contribution in [0.1, 0.15) is 25.3 Å². The van der Waals surface area contributed by atoms with Crippen LogP contribution in [-0.2, 0) is 20.9 Å². The van der Waals surface area contributed by atoms with E-state index in [0.717, 1.165) is 12.0 Å². The zero-order valence-corrected chi connectivity index (χ0v) is 17.5. The highest BCUT2D eigenvalue weighted by atomic mass is 32.2. The largest absolute Gasteiger partial charge is 0.395 e. The van der Waals surface area contributed by atoms with Gasteiger partial charge >= 0.3 is 0 Å². The maximum atomic E-state index is 13.4. The molecule has 3 amide bonds. The Balaban J connectivity index is 1.66. The minimum atomic E-state index is -0.683. The number of nitrogens with one attached hydrogen (secondary N) is 2. The van der Waals surface area contributed by atoms with Crippen molar-refractivity contribution in [1.82, 2.24) is 15.5 Å². The first-order chi connectivity index (χ1) is 13.9. The second-order valence-electron chi connectivity index (χ2n) is 8.30. The zero-order valence-electron chi connectivity index (χ0n) is 16.7. The number of rotatable bonds is 6. The summed E-state index contributed by atoms with van der Waals surface area (Å²) in [6.45, 7) is 2.29. The standard InChI is InChI=1S/C21H27N3O4S/c1-20-8-9-21(29-20)15(14(20)17(26)22-2)19(28)24(10-11-25)16(21)18(27)23-12-13-6-4-3-5-7-13/h3-7,14-16,25H,8-12H2,1-2H3,(H,22,26)(H,23,27)/t14-,15-,16?,20+,21?/m0/s1. The van der Waals surface area contributed by atoms with Crippen LogP contribution in [0, 0.1) is 11.8 Å². The Kier molecular flexibility index (Phi) is 5.11. The van der Waals surface area contributed by atoms with Crippen LogP contribution in [0.25, 0.3) is 0 Å². The first kappa shape index (κ1) is 20.2. The lowest BCUT2D eigenvalue weighted by atomic mass is 9.66. The molecule has 1 aromatic carbocycles. The van der Waals surface area contributed by atoms with E-state index in [9.17, 15) is 19.5 Å². The highest BCUT2D eigenvalue weighted by Gasteiger charge is 2.76. The molecular weight excluding hydrogens is 390 g/mol. The van der Waals surface area contributed by atoms with Crippen molar-refractivity contribution >= 4 is 29.5 Å². The molecule has 3 fully saturated rings. The lowest BCUT2D eigenvalue weighted by Crippen LogP contribution is -2.54. The Bertz CT molecular complexity index is 834. The molecule has 3 saturated heterocycles. The number of benzene rings is 1. The minimum Gasteiger partial charge on any atom is -0.395 e. The maximum Gasteiger partial charge on any atom is 0.244 e. The van der Waals surface area contributed by atoms with Gasteiger partial charge in [0.2, 0.25) is 17.7 Å². The number of carbonyl (C=O) groups excluding carboxylic acids is 3. The summed E-state index contributed by atoms with van der Waals surface area (Å²) in [6, 6.07) is 8.93. The number of fused-ring (bicyclic) bond motifs is 1. The molecule has 4 rings (SSSR count). The molecule has 0 radical (unpaired) electrons. The van der Waals surface area contributed by atoms with E-state index in [-0.39, 0.29) is 35.6 Å². The highest BCUT2D eigenvalue weighted by molar-refractivity contribution is 8.02. The molecule has 7 nitrogen and oxygen atoms in total. The van der Waals surface area contributed by atoms with Gasteiger partial charge in [-0.3, -0.25) is 14.4 Å². The van der Waals surface area contributed by atoms with Gasteiger partial charge in [-0.1, -0.05) is 30.3 Å². The Labute approximate surface area is 174 Å².